The molecule has 9 heteroatoms. The monoisotopic (exact) mass is 538 g/mol. The maximum absolute atomic E-state index is 15.2. The first-order valence-electron chi connectivity index (χ1n) is 12.8. The Labute approximate surface area is 218 Å². The third kappa shape index (κ3) is 7.88. The van der Waals surface area contributed by atoms with E-state index in [9.17, 15) is 17.6 Å². The first-order valence-corrected chi connectivity index (χ1v) is 12.8. The number of benzene rings is 3. The third-order valence-electron chi connectivity index (χ3n) is 6.46. The van der Waals surface area contributed by atoms with Crippen LogP contribution < -0.4 is 4.74 Å². The molecule has 0 aliphatic carbocycles. The van der Waals surface area contributed by atoms with Crippen LogP contribution in [0, 0.1) is 11.6 Å². The van der Waals surface area contributed by atoms with Crippen LogP contribution in [0.5, 0.6) is 5.75 Å². The number of unbranched alkanes of at least 4 members (excludes halogenated alkanes) is 1. The summed E-state index contributed by atoms with van der Waals surface area (Å²) in [4.78, 5) is 0. The minimum Gasteiger partial charge on any atom is -0.403 e. The smallest absolute Gasteiger partial charge is 0.403 e. The van der Waals surface area contributed by atoms with Crippen molar-refractivity contribution in [3.63, 3.8) is 0 Å². The molecule has 1 heterocycles. The lowest BCUT2D eigenvalue weighted by atomic mass is 9.98. The van der Waals surface area contributed by atoms with Crippen LogP contribution in [0.15, 0.2) is 48.5 Å². The zero-order valence-electron chi connectivity index (χ0n) is 21.2. The number of alkyl halides is 3. The molecule has 0 bridgehead atoms. The maximum Gasteiger partial charge on any atom is 0.573 e. The molecule has 3 aromatic carbocycles. The Balaban J connectivity index is 1.31. The second kappa shape index (κ2) is 12.9. The van der Waals surface area contributed by atoms with E-state index in [1.54, 1.807) is 12.1 Å². The highest BCUT2D eigenvalue weighted by Gasteiger charge is 2.32. The number of fused-ring (bicyclic) bond motifs is 1. The Bertz CT molecular complexity index is 1210. The quantitative estimate of drug-likeness (QED) is 0.190. The van der Waals surface area contributed by atoms with E-state index >= 15 is 4.39 Å². The van der Waals surface area contributed by atoms with Crippen molar-refractivity contribution in [2.75, 3.05) is 19.8 Å². The Hall–Kier alpha value is -2.75. The minimum atomic E-state index is -4.97. The molecule has 0 radical (unpaired) electrons. The Morgan fingerprint density at radius 3 is 2.34 bits per heavy atom. The van der Waals surface area contributed by atoms with Crippen molar-refractivity contribution in [3.8, 4) is 5.75 Å². The van der Waals surface area contributed by atoms with Crippen molar-refractivity contribution in [2.45, 2.75) is 64.2 Å². The summed E-state index contributed by atoms with van der Waals surface area (Å²) in [5.74, 6) is -2.37. The van der Waals surface area contributed by atoms with Crippen LogP contribution in [0.4, 0.5) is 22.0 Å². The number of aryl methyl sites for hydroxylation is 3. The molecular weight excluding hydrogens is 507 g/mol. The van der Waals surface area contributed by atoms with Gasteiger partial charge in [0, 0.05) is 18.4 Å². The number of rotatable bonds is 11. The summed E-state index contributed by atoms with van der Waals surface area (Å²) in [6, 6.07) is 12.3. The molecule has 0 unspecified atom stereocenters. The minimum absolute atomic E-state index is 0.0302. The van der Waals surface area contributed by atoms with Crippen LogP contribution in [0.3, 0.4) is 0 Å². The van der Waals surface area contributed by atoms with Gasteiger partial charge in [-0.15, -0.1) is 13.2 Å². The number of hydrogen-bond acceptors (Lipinski definition) is 4. The van der Waals surface area contributed by atoms with Gasteiger partial charge in [0.1, 0.15) is 11.9 Å². The molecule has 4 nitrogen and oxygen atoms in total. The summed E-state index contributed by atoms with van der Waals surface area (Å²) < 4.78 is 87.1. The lowest BCUT2D eigenvalue weighted by Gasteiger charge is -2.29. The second-order valence-electron chi connectivity index (χ2n) is 9.39. The van der Waals surface area contributed by atoms with Crippen LogP contribution in [-0.4, -0.2) is 38.6 Å². The number of halogens is 5. The Morgan fingerprint density at radius 2 is 1.63 bits per heavy atom. The molecule has 0 atom stereocenters. The SMILES string of the molecule is CCCCOC1COC(CCc2ccc3c(F)c(CCc4ccc(OC(F)(F)F)c(F)c4)ccc3c2)OC1. The lowest BCUT2D eigenvalue weighted by molar-refractivity contribution is -0.275. The molecule has 206 valence electrons. The van der Waals surface area contributed by atoms with E-state index in [0.717, 1.165) is 35.9 Å². The standard InChI is InChI=1S/C29H31F5O4/c1-2-3-14-35-23-17-36-27(37-18-23)13-7-19-5-11-24-22(15-19)10-9-21(28(24)31)8-4-20-6-12-26(25(30)16-20)38-29(32,33)34/h5-6,9-12,15-16,23,27H,2-4,7-8,13-14,17-18H2,1H3. The molecule has 1 saturated heterocycles. The average molecular weight is 539 g/mol. The summed E-state index contributed by atoms with van der Waals surface area (Å²) in [5, 5.41) is 1.24. The topological polar surface area (TPSA) is 36.9 Å². The first kappa shape index (κ1) is 28.3. The van der Waals surface area contributed by atoms with Gasteiger partial charge in [-0.2, -0.15) is 0 Å². The Morgan fingerprint density at radius 1 is 0.895 bits per heavy atom. The molecule has 0 N–H and O–H groups in total. The van der Waals surface area contributed by atoms with E-state index in [1.807, 2.05) is 18.2 Å². The van der Waals surface area contributed by atoms with Gasteiger partial charge in [-0.1, -0.05) is 49.7 Å². The van der Waals surface area contributed by atoms with E-state index in [1.165, 1.54) is 6.07 Å². The predicted molar refractivity (Wildman–Crippen MR) is 133 cm³/mol. The number of ether oxygens (including phenoxy) is 4. The third-order valence-corrected chi connectivity index (χ3v) is 6.46. The van der Waals surface area contributed by atoms with E-state index in [0.29, 0.717) is 49.2 Å². The molecule has 4 rings (SSSR count). The zero-order chi connectivity index (χ0) is 27.1. The van der Waals surface area contributed by atoms with Gasteiger partial charge >= 0.3 is 6.36 Å². The van der Waals surface area contributed by atoms with E-state index < -0.39 is 17.9 Å². The summed E-state index contributed by atoms with van der Waals surface area (Å²) in [7, 11) is 0. The highest BCUT2D eigenvalue weighted by molar-refractivity contribution is 5.84. The highest BCUT2D eigenvalue weighted by Crippen LogP contribution is 2.28. The van der Waals surface area contributed by atoms with Gasteiger partial charge in [-0.3, -0.25) is 0 Å². The largest absolute Gasteiger partial charge is 0.573 e. The summed E-state index contributed by atoms with van der Waals surface area (Å²) in [5.41, 5.74) is 1.92. The lowest BCUT2D eigenvalue weighted by Crippen LogP contribution is -2.37. The summed E-state index contributed by atoms with van der Waals surface area (Å²) >= 11 is 0. The fourth-order valence-electron chi connectivity index (χ4n) is 4.39. The van der Waals surface area contributed by atoms with E-state index in [4.69, 9.17) is 14.2 Å². The van der Waals surface area contributed by atoms with Gasteiger partial charge in [-0.05, 0) is 59.9 Å². The van der Waals surface area contributed by atoms with E-state index in [2.05, 4.69) is 11.7 Å². The summed E-state index contributed by atoms with van der Waals surface area (Å²) in [6.07, 6.45) is -1.29. The highest BCUT2D eigenvalue weighted by atomic mass is 19.4. The normalized spacial score (nSPS) is 18.2. The second-order valence-corrected chi connectivity index (χ2v) is 9.39. The van der Waals surface area contributed by atoms with Crippen LogP contribution in [0.1, 0.15) is 42.9 Å². The van der Waals surface area contributed by atoms with Gasteiger partial charge in [0.05, 0.1) is 13.2 Å². The van der Waals surface area contributed by atoms with Crippen molar-refractivity contribution in [3.05, 3.63) is 76.9 Å². The molecule has 0 amide bonds. The van der Waals surface area contributed by atoms with Crippen molar-refractivity contribution >= 4 is 10.8 Å². The predicted octanol–water partition coefficient (Wildman–Crippen LogP) is 7.29. The molecule has 0 spiro atoms. The molecule has 1 aliphatic rings. The fraction of sp³-hybridized carbons (Fsp3) is 0.448. The molecular formula is C29H31F5O4. The molecule has 1 fully saturated rings. The van der Waals surface area contributed by atoms with Gasteiger partial charge in [0.25, 0.3) is 0 Å². The van der Waals surface area contributed by atoms with E-state index in [-0.39, 0.29) is 31.1 Å². The number of hydrogen-bond donors (Lipinski definition) is 0. The molecule has 0 saturated carbocycles. The van der Waals surface area contributed by atoms with Crippen LogP contribution in [-0.2, 0) is 33.5 Å². The zero-order valence-corrected chi connectivity index (χ0v) is 21.2. The maximum atomic E-state index is 15.2. The molecule has 0 aromatic heterocycles. The van der Waals surface area contributed by atoms with Gasteiger partial charge < -0.3 is 18.9 Å². The van der Waals surface area contributed by atoms with Gasteiger partial charge in [0.2, 0.25) is 0 Å². The van der Waals surface area contributed by atoms with Crippen LogP contribution in [0.25, 0.3) is 10.8 Å². The van der Waals surface area contributed by atoms with Crippen molar-refractivity contribution in [2.24, 2.45) is 0 Å². The van der Waals surface area contributed by atoms with Crippen molar-refractivity contribution in [1.82, 2.24) is 0 Å². The average Bonchev–Trinajstić information content (AvgIpc) is 2.89. The van der Waals surface area contributed by atoms with Crippen LogP contribution >= 0.6 is 0 Å². The van der Waals surface area contributed by atoms with Gasteiger partial charge in [0.15, 0.2) is 17.9 Å². The Kier molecular flexibility index (Phi) is 9.57. The first-order chi connectivity index (χ1) is 18.2. The molecule has 1 aliphatic heterocycles. The van der Waals surface area contributed by atoms with Crippen molar-refractivity contribution < 1.29 is 40.9 Å². The molecule has 3 aromatic rings. The molecule has 38 heavy (non-hydrogen) atoms. The van der Waals surface area contributed by atoms with Gasteiger partial charge in [-0.25, -0.2) is 8.78 Å². The van der Waals surface area contributed by atoms with Crippen molar-refractivity contribution in [1.29, 1.82) is 0 Å². The fourth-order valence-corrected chi connectivity index (χ4v) is 4.39. The van der Waals surface area contributed by atoms with Crippen LogP contribution in [0.2, 0.25) is 0 Å². The summed E-state index contributed by atoms with van der Waals surface area (Å²) in [6.45, 7) is 3.85.